The van der Waals surface area contributed by atoms with Crippen LogP contribution in [-0.2, 0) is 15.3 Å². The maximum atomic E-state index is 11.8. The third-order valence-electron chi connectivity index (χ3n) is 3.61. The van der Waals surface area contributed by atoms with Crippen molar-refractivity contribution >= 4 is 5.91 Å². The number of amides is 1. The average molecular weight is 233 g/mol. The molecule has 2 aliphatic heterocycles. The van der Waals surface area contributed by atoms with Gasteiger partial charge in [-0.3, -0.25) is 4.79 Å². The first-order valence-electron chi connectivity index (χ1n) is 5.85. The fraction of sp³-hybridized carbons (Fsp3) is 0.462. The molecule has 0 spiro atoms. The summed E-state index contributed by atoms with van der Waals surface area (Å²) in [6.45, 7) is 1.32. The van der Waals surface area contributed by atoms with Gasteiger partial charge in [0.05, 0.1) is 13.7 Å². The molecule has 4 heteroatoms. The Hall–Kier alpha value is -1.55. The minimum absolute atomic E-state index is 0.193. The van der Waals surface area contributed by atoms with Gasteiger partial charge in [-0.05, 0) is 12.1 Å². The van der Waals surface area contributed by atoms with Crippen LogP contribution in [0.25, 0.3) is 0 Å². The first-order chi connectivity index (χ1) is 8.26. The van der Waals surface area contributed by atoms with Gasteiger partial charge in [-0.1, -0.05) is 12.1 Å². The zero-order valence-corrected chi connectivity index (χ0v) is 9.81. The monoisotopic (exact) mass is 233 g/mol. The number of nitrogens with zero attached hydrogens (tertiary/aromatic N) is 1. The molecule has 3 rings (SSSR count). The topological polar surface area (TPSA) is 38.8 Å². The van der Waals surface area contributed by atoms with Crippen LogP contribution in [0.4, 0.5) is 0 Å². The standard InChI is InChI=1S/C13H15NO3/c1-16-11-4-2-10(3-5-11)13-7-6-12(15)14(13)8-9-17-13/h2-5H,6-9H2,1H3. The van der Waals surface area contributed by atoms with Crippen molar-refractivity contribution < 1.29 is 14.3 Å². The summed E-state index contributed by atoms with van der Waals surface area (Å²) < 4.78 is 11.0. The highest BCUT2D eigenvalue weighted by Crippen LogP contribution is 2.43. The van der Waals surface area contributed by atoms with Crippen molar-refractivity contribution in [2.45, 2.75) is 18.6 Å². The predicted octanol–water partition coefficient (Wildman–Crippen LogP) is 1.50. The minimum atomic E-state index is -0.511. The van der Waals surface area contributed by atoms with E-state index in [0.717, 1.165) is 17.7 Å². The van der Waals surface area contributed by atoms with Crippen molar-refractivity contribution in [3.8, 4) is 5.75 Å². The van der Waals surface area contributed by atoms with E-state index in [-0.39, 0.29) is 5.91 Å². The largest absolute Gasteiger partial charge is 0.497 e. The summed E-state index contributed by atoms with van der Waals surface area (Å²) in [5.74, 6) is 1.01. The molecule has 0 aromatic heterocycles. The third kappa shape index (κ3) is 1.44. The maximum Gasteiger partial charge on any atom is 0.225 e. The normalized spacial score (nSPS) is 27.4. The molecule has 4 nitrogen and oxygen atoms in total. The minimum Gasteiger partial charge on any atom is -0.497 e. The Balaban J connectivity index is 1.98. The summed E-state index contributed by atoms with van der Waals surface area (Å²) >= 11 is 0. The molecule has 90 valence electrons. The molecule has 2 aliphatic rings. The van der Waals surface area contributed by atoms with Gasteiger partial charge in [0.15, 0.2) is 5.72 Å². The van der Waals surface area contributed by atoms with Crippen molar-refractivity contribution in [1.29, 1.82) is 0 Å². The Kier molecular flexibility index (Phi) is 2.33. The number of carbonyl (C=O) groups excluding carboxylic acids is 1. The van der Waals surface area contributed by atoms with Crippen molar-refractivity contribution in [2.24, 2.45) is 0 Å². The summed E-state index contributed by atoms with van der Waals surface area (Å²) in [5.41, 5.74) is 0.533. The lowest BCUT2D eigenvalue weighted by molar-refractivity contribution is -0.137. The predicted molar refractivity (Wildman–Crippen MR) is 61.6 cm³/mol. The van der Waals surface area contributed by atoms with E-state index in [0.29, 0.717) is 19.6 Å². The van der Waals surface area contributed by atoms with E-state index in [1.54, 1.807) is 7.11 Å². The molecule has 0 bridgehead atoms. The summed E-state index contributed by atoms with van der Waals surface area (Å²) in [6.07, 6.45) is 1.32. The fourth-order valence-corrected chi connectivity index (χ4v) is 2.74. The molecule has 1 amide bonds. The molecule has 1 aromatic carbocycles. The number of methoxy groups -OCH3 is 1. The van der Waals surface area contributed by atoms with E-state index in [2.05, 4.69) is 0 Å². The van der Waals surface area contributed by atoms with Crippen molar-refractivity contribution in [3.05, 3.63) is 29.8 Å². The molecule has 0 N–H and O–H groups in total. The molecule has 17 heavy (non-hydrogen) atoms. The Morgan fingerprint density at radius 2 is 2.12 bits per heavy atom. The molecule has 1 aromatic rings. The summed E-state index contributed by atoms with van der Waals surface area (Å²) in [6, 6.07) is 7.78. The van der Waals surface area contributed by atoms with Crippen LogP contribution in [-0.4, -0.2) is 31.1 Å². The van der Waals surface area contributed by atoms with Gasteiger partial charge in [0.25, 0.3) is 0 Å². The van der Waals surface area contributed by atoms with Crippen LogP contribution in [0, 0.1) is 0 Å². The average Bonchev–Trinajstić information content (AvgIpc) is 2.92. The zero-order valence-electron chi connectivity index (χ0n) is 9.81. The molecule has 0 saturated carbocycles. The molecule has 2 saturated heterocycles. The van der Waals surface area contributed by atoms with Gasteiger partial charge >= 0.3 is 0 Å². The zero-order chi connectivity index (χ0) is 11.9. The second-order valence-electron chi connectivity index (χ2n) is 4.41. The number of fused-ring (bicyclic) bond motifs is 1. The van der Waals surface area contributed by atoms with E-state index in [1.165, 1.54) is 0 Å². The summed E-state index contributed by atoms with van der Waals surface area (Å²) in [7, 11) is 1.64. The lowest BCUT2D eigenvalue weighted by Crippen LogP contribution is -2.38. The highest BCUT2D eigenvalue weighted by Gasteiger charge is 2.51. The lowest BCUT2D eigenvalue weighted by Gasteiger charge is -2.30. The van der Waals surface area contributed by atoms with E-state index < -0.39 is 5.72 Å². The number of rotatable bonds is 2. The van der Waals surface area contributed by atoms with Gasteiger partial charge in [0, 0.05) is 24.9 Å². The SMILES string of the molecule is COc1ccc(C23CCC(=O)N2CCO3)cc1. The quantitative estimate of drug-likeness (QED) is 0.777. The Labute approximate surface area is 100 Å². The number of hydrogen-bond donors (Lipinski definition) is 0. The Morgan fingerprint density at radius 1 is 1.35 bits per heavy atom. The van der Waals surface area contributed by atoms with Crippen molar-refractivity contribution in [1.82, 2.24) is 4.90 Å². The molecule has 2 heterocycles. The summed E-state index contributed by atoms with van der Waals surface area (Å²) in [5, 5.41) is 0. The van der Waals surface area contributed by atoms with Crippen LogP contribution in [0.2, 0.25) is 0 Å². The Bertz CT molecular complexity index is 442. The number of carbonyl (C=O) groups is 1. The van der Waals surface area contributed by atoms with Gasteiger partial charge < -0.3 is 14.4 Å². The first kappa shape index (κ1) is 10.6. The van der Waals surface area contributed by atoms with E-state index in [4.69, 9.17) is 9.47 Å². The third-order valence-corrected chi connectivity index (χ3v) is 3.61. The van der Waals surface area contributed by atoms with Gasteiger partial charge in [0.2, 0.25) is 5.91 Å². The molecular weight excluding hydrogens is 218 g/mol. The highest BCUT2D eigenvalue weighted by atomic mass is 16.5. The fourth-order valence-electron chi connectivity index (χ4n) is 2.74. The molecule has 1 unspecified atom stereocenters. The van der Waals surface area contributed by atoms with Crippen LogP contribution in [0.3, 0.4) is 0 Å². The van der Waals surface area contributed by atoms with E-state index in [9.17, 15) is 4.79 Å². The van der Waals surface area contributed by atoms with Crippen molar-refractivity contribution in [2.75, 3.05) is 20.3 Å². The van der Waals surface area contributed by atoms with E-state index >= 15 is 0 Å². The van der Waals surface area contributed by atoms with Crippen LogP contribution >= 0.6 is 0 Å². The van der Waals surface area contributed by atoms with Crippen LogP contribution in [0.5, 0.6) is 5.75 Å². The first-order valence-corrected chi connectivity index (χ1v) is 5.85. The second-order valence-corrected chi connectivity index (χ2v) is 4.41. The lowest BCUT2D eigenvalue weighted by atomic mass is 10.0. The molecule has 2 fully saturated rings. The molecule has 1 atom stereocenters. The van der Waals surface area contributed by atoms with Crippen LogP contribution in [0.15, 0.2) is 24.3 Å². The van der Waals surface area contributed by atoms with Crippen LogP contribution in [0.1, 0.15) is 18.4 Å². The highest BCUT2D eigenvalue weighted by molar-refractivity contribution is 5.80. The van der Waals surface area contributed by atoms with Gasteiger partial charge in [0.1, 0.15) is 5.75 Å². The van der Waals surface area contributed by atoms with E-state index in [1.807, 2.05) is 29.2 Å². The van der Waals surface area contributed by atoms with Crippen molar-refractivity contribution in [3.63, 3.8) is 0 Å². The van der Waals surface area contributed by atoms with Crippen LogP contribution < -0.4 is 4.74 Å². The van der Waals surface area contributed by atoms with Gasteiger partial charge in [-0.2, -0.15) is 0 Å². The molecular formula is C13H15NO3. The Morgan fingerprint density at radius 3 is 2.82 bits per heavy atom. The smallest absolute Gasteiger partial charge is 0.225 e. The number of ether oxygens (including phenoxy) is 2. The molecule has 0 radical (unpaired) electrons. The van der Waals surface area contributed by atoms with Gasteiger partial charge in [-0.15, -0.1) is 0 Å². The number of hydrogen-bond acceptors (Lipinski definition) is 3. The maximum absolute atomic E-state index is 11.8. The summed E-state index contributed by atoms with van der Waals surface area (Å²) in [4.78, 5) is 13.6. The molecule has 0 aliphatic carbocycles. The second kappa shape index (κ2) is 3.74. The number of benzene rings is 1. The van der Waals surface area contributed by atoms with Gasteiger partial charge in [-0.25, -0.2) is 0 Å².